The first-order valence-electron chi connectivity index (χ1n) is 15.1. The highest BCUT2D eigenvalue weighted by Crippen LogP contribution is 2.68. The van der Waals surface area contributed by atoms with Gasteiger partial charge in [-0.2, -0.15) is 0 Å². The molecular formula is C32H46FNO3. The maximum atomic E-state index is 14.2. The van der Waals surface area contributed by atoms with E-state index >= 15 is 0 Å². The Balaban J connectivity index is 1.13. The van der Waals surface area contributed by atoms with Crippen LogP contribution in [0.25, 0.3) is 0 Å². The lowest BCUT2D eigenvalue weighted by Crippen LogP contribution is -2.58. The summed E-state index contributed by atoms with van der Waals surface area (Å²) in [6.07, 6.45) is 10.1. The van der Waals surface area contributed by atoms with E-state index in [0.29, 0.717) is 60.5 Å². The monoisotopic (exact) mass is 511 g/mol. The zero-order valence-corrected chi connectivity index (χ0v) is 23.0. The zero-order valence-electron chi connectivity index (χ0n) is 23.0. The number of hydrogen-bond acceptors (Lipinski definition) is 3. The summed E-state index contributed by atoms with van der Waals surface area (Å²) in [7, 11) is 0. The van der Waals surface area contributed by atoms with Crippen LogP contribution < -0.4 is 4.90 Å². The van der Waals surface area contributed by atoms with Crippen molar-refractivity contribution in [2.24, 2.45) is 46.3 Å². The van der Waals surface area contributed by atoms with E-state index in [0.717, 1.165) is 37.8 Å². The fraction of sp³-hybridized carbons (Fsp3) is 0.781. The zero-order chi connectivity index (χ0) is 26.1. The number of amides is 1. The number of halogens is 1. The van der Waals surface area contributed by atoms with Crippen LogP contribution in [0.3, 0.4) is 0 Å². The smallest absolute Gasteiger partial charge is 0.227 e. The third-order valence-corrected chi connectivity index (χ3v) is 12.5. The molecule has 10 atom stereocenters. The van der Waals surface area contributed by atoms with Crippen molar-refractivity contribution >= 4 is 11.6 Å². The molecule has 204 valence electrons. The lowest BCUT2D eigenvalue weighted by molar-refractivity contribution is -0.174. The Bertz CT molecular complexity index is 1040. The second-order valence-electron chi connectivity index (χ2n) is 14.0. The van der Waals surface area contributed by atoms with Crippen molar-refractivity contribution in [2.75, 3.05) is 11.4 Å². The highest BCUT2D eigenvalue weighted by atomic mass is 19.1. The number of rotatable bonds is 4. The molecule has 6 rings (SSSR count). The molecule has 0 bridgehead atoms. The van der Waals surface area contributed by atoms with Crippen LogP contribution in [0, 0.1) is 52.2 Å². The molecule has 2 N–H and O–H groups in total. The third kappa shape index (κ3) is 4.01. The molecule has 1 heterocycles. The van der Waals surface area contributed by atoms with Crippen LogP contribution in [-0.4, -0.2) is 34.9 Å². The Hall–Kier alpha value is -1.46. The van der Waals surface area contributed by atoms with Crippen LogP contribution in [0.5, 0.6) is 0 Å². The predicted octanol–water partition coefficient (Wildman–Crippen LogP) is 6.12. The molecule has 1 amide bonds. The van der Waals surface area contributed by atoms with Crippen LogP contribution in [0.4, 0.5) is 10.1 Å². The van der Waals surface area contributed by atoms with Gasteiger partial charge in [-0.1, -0.05) is 26.8 Å². The number of carbonyl (C=O) groups is 1. The first kappa shape index (κ1) is 25.8. The van der Waals surface area contributed by atoms with Crippen molar-refractivity contribution in [3.05, 3.63) is 29.6 Å². The molecule has 1 aromatic rings. The fourth-order valence-electron chi connectivity index (χ4n) is 10.5. The molecule has 0 saturated heterocycles. The predicted molar refractivity (Wildman–Crippen MR) is 143 cm³/mol. The summed E-state index contributed by atoms with van der Waals surface area (Å²) in [5.41, 5.74) is 1.93. The molecule has 0 unspecified atom stereocenters. The number of carbonyl (C=O) groups excluding carboxylic acids is 1. The first-order chi connectivity index (χ1) is 17.6. The minimum atomic E-state index is -0.246. The second kappa shape index (κ2) is 9.33. The average Bonchev–Trinajstić information content (AvgIpc) is 3.45. The highest BCUT2D eigenvalue weighted by molar-refractivity contribution is 5.95. The molecular weight excluding hydrogens is 465 g/mol. The molecule has 5 heteroatoms. The minimum Gasteiger partial charge on any atom is -0.393 e. The van der Waals surface area contributed by atoms with E-state index in [-0.39, 0.29) is 34.8 Å². The molecule has 0 radical (unpaired) electrons. The van der Waals surface area contributed by atoms with Gasteiger partial charge in [-0.15, -0.1) is 0 Å². The number of aliphatic hydroxyl groups is 2. The lowest BCUT2D eigenvalue weighted by atomic mass is 9.43. The van der Waals surface area contributed by atoms with Crippen LogP contribution in [-0.2, 0) is 11.2 Å². The van der Waals surface area contributed by atoms with E-state index in [2.05, 4.69) is 20.8 Å². The summed E-state index contributed by atoms with van der Waals surface area (Å²) in [5, 5.41) is 21.8. The number of nitrogens with zero attached hydrogens (tertiary/aromatic N) is 1. The van der Waals surface area contributed by atoms with Crippen molar-refractivity contribution in [3.63, 3.8) is 0 Å². The van der Waals surface area contributed by atoms with E-state index in [1.165, 1.54) is 31.7 Å². The summed E-state index contributed by atoms with van der Waals surface area (Å²) < 4.78 is 14.2. The third-order valence-electron chi connectivity index (χ3n) is 12.5. The number of aliphatic hydroxyl groups excluding tert-OH is 2. The Morgan fingerprint density at radius 3 is 2.65 bits per heavy atom. The van der Waals surface area contributed by atoms with Crippen molar-refractivity contribution in [2.45, 2.75) is 104 Å². The number of benzene rings is 1. The van der Waals surface area contributed by atoms with Gasteiger partial charge >= 0.3 is 0 Å². The Labute approximate surface area is 222 Å². The summed E-state index contributed by atoms with van der Waals surface area (Å²) in [6, 6.07) is 5.07. The van der Waals surface area contributed by atoms with Gasteiger partial charge in [0.05, 0.1) is 12.2 Å². The minimum absolute atomic E-state index is 0.126. The van der Waals surface area contributed by atoms with Gasteiger partial charge < -0.3 is 15.1 Å². The molecule has 4 nitrogen and oxygen atoms in total. The molecule has 1 aromatic carbocycles. The topological polar surface area (TPSA) is 60.8 Å². The second-order valence-corrected chi connectivity index (χ2v) is 14.0. The molecule has 5 aliphatic rings. The molecule has 4 saturated carbocycles. The first-order valence-corrected chi connectivity index (χ1v) is 15.1. The molecule has 37 heavy (non-hydrogen) atoms. The van der Waals surface area contributed by atoms with E-state index in [9.17, 15) is 19.4 Å². The summed E-state index contributed by atoms with van der Waals surface area (Å²) in [5.74, 6) is 2.92. The SMILES string of the molecule is C[C@H](CCC(=O)N1CCc2c(F)cccc21)[C@H]1CC[C@H]2[C@@H]3[C@H](O)C[C@@H]4C[C@H](O)CC[C@]4(C)[C@H]3CC[C@]12C. The van der Waals surface area contributed by atoms with Gasteiger partial charge in [-0.3, -0.25) is 4.79 Å². The van der Waals surface area contributed by atoms with Gasteiger partial charge in [0, 0.05) is 24.2 Å². The van der Waals surface area contributed by atoms with Crippen LogP contribution in [0.2, 0.25) is 0 Å². The largest absolute Gasteiger partial charge is 0.393 e. The van der Waals surface area contributed by atoms with E-state index in [4.69, 9.17) is 0 Å². The van der Waals surface area contributed by atoms with Gasteiger partial charge in [0.2, 0.25) is 5.91 Å². The molecule has 1 aliphatic heterocycles. The number of hydrogen-bond donors (Lipinski definition) is 2. The normalized spacial score (nSPS) is 43.5. The Morgan fingerprint density at radius 2 is 1.84 bits per heavy atom. The van der Waals surface area contributed by atoms with Gasteiger partial charge in [-0.25, -0.2) is 4.39 Å². The van der Waals surface area contributed by atoms with Gasteiger partial charge in [0.25, 0.3) is 0 Å². The molecule has 0 spiro atoms. The Kier molecular flexibility index (Phi) is 6.50. The van der Waals surface area contributed by atoms with E-state index < -0.39 is 0 Å². The molecule has 4 aliphatic carbocycles. The fourth-order valence-corrected chi connectivity index (χ4v) is 10.5. The van der Waals surface area contributed by atoms with E-state index in [1.54, 1.807) is 11.0 Å². The highest BCUT2D eigenvalue weighted by Gasteiger charge is 2.62. The van der Waals surface area contributed by atoms with Crippen molar-refractivity contribution in [1.29, 1.82) is 0 Å². The van der Waals surface area contributed by atoms with Gasteiger partial charge in [-0.05, 0) is 123 Å². The maximum absolute atomic E-state index is 14.2. The van der Waals surface area contributed by atoms with Crippen molar-refractivity contribution in [3.8, 4) is 0 Å². The Morgan fingerprint density at radius 1 is 1.08 bits per heavy atom. The van der Waals surface area contributed by atoms with Gasteiger partial charge in [0.1, 0.15) is 5.82 Å². The molecule has 0 aromatic heterocycles. The molecule has 4 fully saturated rings. The van der Waals surface area contributed by atoms with Crippen molar-refractivity contribution in [1.82, 2.24) is 0 Å². The number of fused-ring (bicyclic) bond motifs is 6. The lowest BCUT2D eigenvalue weighted by Gasteiger charge is -2.62. The van der Waals surface area contributed by atoms with Crippen LogP contribution >= 0.6 is 0 Å². The van der Waals surface area contributed by atoms with Crippen molar-refractivity contribution < 1.29 is 19.4 Å². The average molecular weight is 512 g/mol. The van der Waals surface area contributed by atoms with Crippen LogP contribution in [0.15, 0.2) is 18.2 Å². The quantitative estimate of drug-likeness (QED) is 0.512. The standard InChI is InChI=1S/C32H46FNO3/c1-19(7-10-29(37)34-16-13-22-26(33)5-4-6-27(22)34)23-8-9-24-30-25(12-15-32(23,24)3)31(2)14-11-21(35)17-20(31)18-28(30)36/h4-6,19-21,23-25,28,30,35-36H,7-18H2,1-3H3/t19-,20+,21-,23-,24+,25+,28-,30+,31+,32-/m1/s1. The van der Waals surface area contributed by atoms with E-state index in [1.807, 2.05) is 6.07 Å². The summed E-state index contributed by atoms with van der Waals surface area (Å²) >= 11 is 0. The van der Waals surface area contributed by atoms with Crippen LogP contribution in [0.1, 0.15) is 90.5 Å². The summed E-state index contributed by atoms with van der Waals surface area (Å²) in [4.78, 5) is 15.0. The number of anilines is 1. The van der Waals surface area contributed by atoms with Gasteiger partial charge in [0.15, 0.2) is 0 Å². The summed E-state index contributed by atoms with van der Waals surface area (Å²) in [6.45, 7) is 7.89. The maximum Gasteiger partial charge on any atom is 0.227 e.